The molecule has 0 aromatic heterocycles. The molecule has 92 valence electrons. The highest BCUT2D eigenvalue weighted by molar-refractivity contribution is 4.93. The Bertz CT molecular complexity index is 217. The van der Waals surface area contributed by atoms with Gasteiger partial charge in [-0.05, 0) is 57.2 Å². The Kier molecular flexibility index (Phi) is 3.21. The van der Waals surface area contributed by atoms with Crippen LogP contribution in [-0.2, 0) is 0 Å². The zero-order chi connectivity index (χ0) is 10.8. The molecule has 16 heavy (non-hydrogen) atoms. The van der Waals surface area contributed by atoms with Crippen LogP contribution in [0.4, 0.5) is 0 Å². The smallest absolute Gasteiger partial charge is 0.00952 e. The first-order valence-electron chi connectivity index (χ1n) is 7.33. The summed E-state index contributed by atoms with van der Waals surface area (Å²) in [5.41, 5.74) is 0.700. The molecule has 2 aliphatic heterocycles. The van der Waals surface area contributed by atoms with Crippen LogP contribution in [0.25, 0.3) is 0 Å². The van der Waals surface area contributed by atoms with Crippen LogP contribution in [0.15, 0.2) is 0 Å². The van der Waals surface area contributed by atoms with Crippen molar-refractivity contribution in [3.05, 3.63) is 0 Å². The quantitative estimate of drug-likeness (QED) is 0.733. The van der Waals surface area contributed by atoms with Crippen molar-refractivity contribution in [3.8, 4) is 0 Å². The van der Waals surface area contributed by atoms with Gasteiger partial charge in [-0.25, -0.2) is 0 Å². The third kappa shape index (κ3) is 2.14. The second-order valence-corrected chi connectivity index (χ2v) is 6.25. The lowest BCUT2D eigenvalue weighted by molar-refractivity contribution is 0.0681. The van der Waals surface area contributed by atoms with Crippen molar-refractivity contribution in [1.29, 1.82) is 0 Å². The molecule has 3 rings (SSSR count). The number of nitrogens with one attached hydrogen (secondary N) is 1. The van der Waals surface area contributed by atoms with Gasteiger partial charge in [-0.15, -0.1) is 0 Å². The van der Waals surface area contributed by atoms with Gasteiger partial charge in [0, 0.05) is 12.6 Å². The molecule has 2 heteroatoms. The van der Waals surface area contributed by atoms with Crippen LogP contribution in [0.3, 0.4) is 0 Å². The minimum absolute atomic E-state index is 0.700. The Morgan fingerprint density at radius 2 is 1.69 bits per heavy atom. The monoisotopic (exact) mass is 222 g/mol. The normalized spacial score (nSPS) is 32.2. The molecule has 0 aromatic carbocycles. The van der Waals surface area contributed by atoms with Gasteiger partial charge in [-0.2, -0.15) is 0 Å². The van der Waals surface area contributed by atoms with Crippen molar-refractivity contribution >= 4 is 0 Å². The van der Waals surface area contributed by atoms with E-state index in [0.29, 0.717) is 5.41 Å². The van der Waals surface area contributed by atoms with Gasteiger partial charge < -0.3 is 10.2 Å². The third-order valence-corrected chi connectivity index (χ3v) is 5.28. The average Bonchev–Trinajstić information content (AvgIpc) is 2.80. The van der Waals surface area contributed by atoms with Gasteiger partial charge in [0.2, 0.25) is 0 Å². The zero-order valence-corrected chi connectivity index (χ0v) is 10.5. The molecule has 2 nitrogen and oxygen atoms in total. The predicted octanol–water partition coefficient (Wildman–Crippen LogP) is 2.39. The van der Waals surface area contributed by atoms with Crippen LogP contribution in [0.5, 0.6) is 0 Å². The van der Waals surface area contributed by atoms with E-state index in [9.17, 15) is 0 Å². The van der Waals surface area contributed by atoms with Gasteiger partial charge in [0.1, 0.15) is 0 Å². The maximum Gasteiger partial charge on any atom is 0.00952 e. The summed E-state index contributed by atoms with van der Waals surface area (Å²) in [6.45, 7) is 5.33. The summed E-state index contributed by atoms with van der Waals surface area (Å²) in [7, 11) is 0. The van der Waals surface area contributed by atoms with Crippen molar-refractivity contribution in [1.82, 2.24) is 10.2 Å². The Balaban J connectivity index is 1.53. The van der Waals surface area contributed by atoms with Crippen molar-refractivity contribution in [2.24, 2.45) is 5.41 Å². The van der Waals surface area contributed by atoms with E-state index in [0.717, 1.165) is 6.04 Å². The number of hydrogen-bond acceptors (Lipinski definition) is 2. The molecular weight excluding hydrogens is 196 g/mol. The summed E-state index contributed by atoms with van der Waals surface area (Å²) in [4.78, 5) is 2.81. The van der Waals surface area contributed by atoms with Crippen LogP contribution < -0.4 is 5.32 Å². The molecule has 0 bridgehead atoms. The summed E-state index contributed by atoms with van der Waals surface area (Å²) in [5, 5.41) is 3.56. The van der Waals surface area contributed by atoms with Crippen molar-refractivity contribution in [2.45, 2.75) is 57.4 Å². The van der Waals surface area contributed by atoms with Crippen LogP contribution in [0.2, 0.25) is 0 Å². The zero-order valence-electron chi connectivity index (χ0n) is 10.5. The van der Waals surface area contributed by atoms with Gasteiger partial charge in [0.05, 0.1) is 0 Å². The van der Waals surface area contributed by atoms with Crippen LogP contribution in [0.1, 0.15) is 51.4 Å². The summed E-state index contributed by atoms with van der Waals surface area (Å²) < 4.78 is 0. The van der Waals surface area contributed by atoms with Gasteiger partial charge in [0.15, 0.2) is 0 Å². The summed E-state index contributed by atoms with van der Waals surface area (Å²) in [6.07, 6.45) is 11.7. The lowest BCUT2D eigenvalue weighted by atomic mass is 9.77. The number of likely N-dealkylation sites (tertiary alicyclic amines) is 1. The lowest BCUT2D eigenvalue weighted by Gasteiger charge is -2.43. The Labute approximate surface area is 99.8 Å². The maximum atomic E-state index is 3.56. The minimum Gasteiger partial charge on any atom is -0.316 e. The summed E-state index contributed by atoms with van der Waals surface area (Å²) in [6, 6.07) is 0.945. The highest BCUT2D eigenvalue weighted by Gasteiger charge is 2.38. The highest BCUT2D eigenvalue weighted by atomic mass is 15.2. The number of hydrogen-bond donors (Lipinski definition) is 1. The van der Waals surface area contributed by atoms with Gasteiger partial charge in [-0.3, -0.25) is 0 Å². The molecule has 1 spiro atoms. The molecule has 1 saturated carbocycles. The van der Waals surface area contributed by atoms with E-state index in [-0.39, 0.29) is 0 Å². The fourth-order valence-corrected chi connectivity index (χ4v) is 4.03. The molecular formula is C14H26N2. The molecule has 0 atom stereocenters. The molecule has 2 heterocycles. The average molecular weight is 222 g/mol. The standard InChI is InChI=1S/C14H26N2/c1-2-4-13(5-3-1)16-10-7-14(8-11-16)6-9-15-12-14/h13,15H,1-12H2. The van der Waals surface area contributed by atoms with Crippen molar-refractivity contribution in [3.63, 3.8) is 0 Å². The molecule has 1 aliphatic carbocycles. The molecule has 1 N–H and O–H groups in total. The van der Waals surface area contributed by atoms with E-state index in [1.165, 1.54) is 77.5 Å². The first kappa shape index (κ1) is 11.0. The van der Waals surface area contributed by atoms with E-state index >= 15 is 0 Å². The molecule has 3 aliphatic rings. The molecule has 2 saturated heterocycles. The number of nitrogens with zero attached hydrogens (tertiary/aromatic N) is 1. The number of rotatable bonds is 1. The second-order valence-electron chi connectivity index (χ2n) is 6.25. The Morgan fingerprint density at radius 3 is 2.31 bits per heavy atom. The van der Waals surface area contributed by atoms with Crippen LogP contribution >= 0.6 is 0 Å². The van der Waals surface area contributed by atoms with E-state index in [2.05, 4.69) is 10.2 Å². The van der Waals surface area contributed by atoms with Gasteiger partial charge >= 0.3 is 0 Å². The maximum absolute atomic E-state index is 3.56. The van der Waals surface area contributed by atoms with Crippen molar-refractivity contribution < 1.29 is 0 Å². The van der Waals surface area contributed by atoms with E-state index in [1.54, 1.807) is 0 Å². The van der Waals surface area contributed by atoms with E-state index < -0.39 is 0 Å². The van der Waals surface area contributed by atoms with Crippen molar-refractivity contribution in [2.75, 3.05) is 26.2 Å². The van der Waals surface area contributed by atoms with E-state index in [4.69, 9.17) is 0 Å². The van der Waals surface area contributed by atoms with Gasteiger partial charge in [-0.1, -0.05) is 19.3 Å². The molecule has 0 unspecified atom stereocenters. The fraction of sp³-hybridized carbons (Fsp3) is 1.00. The summed E-state index contributed by atoms with van der Waals surface area (Å²) in [5.74, 6) is 0. The largest absolute Gasteiger partial charge is 0.316 e. The highest BCUT2D eigenvalue weighted by Crippen LogP contribution is 2.38. The van der Waals surface area contributed by atoms with Crippen LogP contribution in [0, 0.1) is 5.41 Å². The second kappa shape index (κ2) is 4.66. The Hall–Kier alpha value is -0.0800. The predicted molar refractivity (Wildman–Crippen MR) is 67.6 cm³/mol. The van der Waals surface area contributed by atoms with Crippen LogP contribution in [-0.4, -0.2) is 37.1 Å². The molecule has 3 fully saturated rings. The van der Waals surface area contributed by atoms with E-state index in [1.807, 2.05) is 0 Å². The molecule has 0 amide bonds. The fourth-order valence-electron chi connectivity index (χ4n) is 4.03. The molecule has 0 aromatic rings. The Morgan fingerprint density at radius 1 is 0.938 bits per heavy atom. The number of piperidine rings is 1. The topological polar surface area (TPSA) is 15.3 Å². The minimum atomic E-state index is 0.700. The SMILES string of the molecule is C1CCC(N2CCC3(CCNC3)CC2)CC1. The lowest BCUT2D eigenvalue weighted by Crippen LogP contribution is -2.46. The third-order valence-electron chi connectivity index (χ3n) is 5.28. The summed E-state index contributed by atoms with van der Waals surface area (Å²) >= 11 is 0. The van der Waals surface area contributed by atoms with Gasteiger partial charge in [0.25, 0.3) is 0 Å². The molecule has 0 radical (unpaired) electrons. The first-order valence-corrected chi connectivity index (χ1v) is 7.33. The first-order chi connectivity index (χ1) is 7.88.